The van der Waals surface area contributed by atoms with Gasteiger partial charge in [0.1, 0.15) is 0 Å². The van der Waals surface area contributed by atoms with Gasteiger partial charge < -0.3 is 10.5 Å². The largest absolute Gasteiger partial charge is 0.448 e. The molecule has 0 aliphatic carbocycles. The Labute approximate surface area is 187 Å². The number of thioether (sulfide) groups is 1. The van der Waals surface area contributed by atoms with E-state index in [1.807, 2.05) is 0 Å². The topological polar surface area (TPSA) is 108 Å². The maximum atomic E-state index is 12.9. The summed E-state index contributed by atoms with van der Waals surface area (Å²) in [7, 11) is 0. The second kappa shape index (κ2) is 8.40. The summed E-state index contributed by atoms with van der Waals surface area (Å²) in [5.41, 5.74) is 4.06. The van der Waals surface area contributed by atoms with E-state index in [0.29, 0.717) is 31.5 Å². The van der Waals surface area contributed by atoms with E-state index >= 15 is 0 Å². The maximum Gasteiger partial charge on any atom is 0.416 e. The molecule has 0 atom stereocenters. The molecule has 7 nitrogen and oxygen atoms in total. The molecule has 156 valence electrons. The first-order valence-electron chi connectivity index (χ1n) is 7.76. The van der Waals surface area contributed by atoms with Crippen molar-refractivity contribution >= 4 is 66.5 Å². The molecule has 2 aromatic carbocycles. The van der Waals surface area contributed by atoms with Crippen LogP contribution in [0.4, 0.5) is 18.9 Å². The Morgan fingerprint density at radius 2 is 1.83 bits per heavy atom. The Kier molecular flexibility index (Phi) is 6.24. The van der Waals surface area contributed by atoms with Gasteiger partial charge in [0, 0.05) is 6.07 Å². The molecule has 0 bridgehead atoms. The van der Waals surface area contributed by atoms with Gasteiger partial charge in [-0.1, -0.05) is 0 Å². The Morgan fingerprint density at radius 1 is 1.20 bits per heavy atom. The quantitative estimate of drug-likeness (QED) is 0.282. The van der Waals surface area contributed by atoms with Crippen LogP contribution in [0.1, 0.15) is 11.1 Å². The minimum absolute atomic E-state index is 0.0983. The first-order chi connectivity index (χ1) is 14.0. The smallest absolute Gasteiger partial charge is 0.416 e. The van der Waals surface area contributed by atoms with E-state index in [4.69, 9.17) is 10.5 Å². The van der Waals surface area contributed by atoms with Gasteiger partial charge in [0.25, 0.3) is 5.91 Å². The van der Waals surface area contributed by atoms with Gasteiger partial charge in [0.2, 0.25) is 5.75 Å². The number of carbonyl (C=O) groups excluding carboxylic acids is 1. The average molecular weight is 567 g/mol. The zero-order valence-electron chi connectivity index (χ0n) is 14.4. The average Bonchev–Trinajstić information content (AvgIpc) is 2.94. The van der Waals surface area contributed by atoms with E-state index < -0.39 is 28.3 Å². The van der Waals surface area contributed by atoms with Crippen molar-refractivity contribution in [3.8, 4) is 11.5 Å². The van der Waals surface area contributed by atoms with Gasteiger partial charge in [-0.05, 0) is 79.5 Å². The molecule has 1 amide bonds. The number of benzene rings is 2. The first-order valence-corrected chi connectivity index (χ1v) is 10.2. The lowest BCUT2D eigenvalue weighted by atomic mass is 10.1. The van der Waals surface area contributed by atoms with E-state index in [-0.39, 0.29) is 16.7 Å². The normalized spacial score (nSPS) is 15.4. The summed E-state index contributed by atoms with van der Waals surface area (Å²) < 4.78 is 44.8. The molecule has 0 saturated heterocycles. The van der Waals surface area contributed by atoms with E-state index in [9.17, 15) is 28.1 Å². The van der Waals surface area contributed by atoms with Crippen LogP contribution in [0.2, 0.25) is 0 Å². The number of carbonyl (C=O) groups is 1. The standard InChI is InChI=1S/C17H8Br2F3N3O4S/c18-9-3-7(5-13-15(26)24-16(23)30-13)4-10(19)14(9)29-12-2-1-8(17(20,21)22)6-11(12)25(27)28/h1-6H,(H2,23,24,26)/b13-5-. The van der Waals surface area contributed by atoms with Crippen LogP contribution in [0.5, 0.6) is 11.5 Å². The number of nitro groups is 1. The van der Waals surface area contributed by atoms with Crippen LogP contribution < -0.4 is 10.5 Å². The van der Waals surface area contributed by atoms with Crippen molar-refractivity contribution in [1.29, 1.82) is 0 Å². The summed E-state index contributed by atoms with van der Waals surface area (Å²) in [5, 5.41) is 11.4. The van der Waals surface area contributed by atoms with Crippen LogP contribution in [-0.4, -0.2) is 16.0 Å². The molecule has 0 fully saturated rings. The summed E-state index contributed by atoms with van der Waals surface area (Å²) in [4.78, 5) is 25.9. The highest BCUT2D eigenvalue weighted by molar-refractivity contribution is 9.11. The van der Waals surface area contributed by atoms with E-state index in [0.717, 1.165) is 17.8 Å². The number of alkyl halides is 3. The Hall–Kier alpha value is -2.38. The Morgan fingerprint density at radius 3 is 2.33 bits per heavy atom. The molecule has 0 spiro atoms. The maximum absolute atomic E-state index is 12.9. The fourth-order valence-corrected chi connectivity index (χ4v) is 4.44. The Bertz CT molecular complexity index is 1110. The highest BCUT2D eigenvalue weighted by Crippen LogP contribution is 2.43. The second-order valence-corrected chi connectivity index (χ2v) is 8.49. The number of amidine groups is 1. The van der Waals surface area contributed by atoms with Crippen molar-refractivity contribution in [2.24, 2.45) is 10.7 Å². The van der Waals surface area contributed by atoms with E-state index in [2.05, 4.69) is 36.9 Å². The number of rotatable bonds is 4. The van der Waals surface area contributed by atoms with Gasteiger partial charge in [-0.2, -0.15) is 18.2 Å². The molecule has 0 radical (unpaired) electrons. The van der Waals surface area contributed by atoms with Gasteiger partial charge >= 0.3 is 11.9 Å². The van der Waals surface area contributed by atoms with Gasteiger partial charge in [-0.15, -0.1) is 0 Å². The number of aliphatic imine (C=N–C) groups is 1. The number of halogens is 5. The lowest BCUT2D eigenvalue weighted by Crippen LogP contribution is -2.06. The lowest BCUT2D eigenvalue weighted by molar-refractivity contribution is -0.385. The van der Waals surface area contributed by atoms with Crippen molar-refractivity contribution in [2.75, 3.05) is 0 Å². The third-order valence-corrected chi connectivity index (χ3v) is 5.64. The van der Waals surface area contributed by atoms with Crippen molar-refractivity contribution in [2.45, 2.75) is 6.18 Å². The molecule has 30 heavy (non-hydrogen) atoms. The second-order valence-electron chi connectivity index (χ2n) is 5.72. The summed E-state index contributed by atoms with van der Waals surface area (Å²) in [6, 6.07) is 5.10. The summed E-state index contributed by atoms with van der Waals surface area (Å²) in [5.74, 6) is -0.755. The van der Waals surface area contributed by atoms with Crippen LogP contribution in [0.25, 0.3) is 6.08 Å². The van der Waals surface area contributed by atoms with Crippen molar-refractivity contribution in [3.63, 3.8) is 0 Å². The van der Waals surface area contributed by atoms with Gasteiger partial charge in [-0.25, -0.2) is 0 Å². The van der Waals surface area contributed by atoms with Gasteiger partial charge in [0.05, 0.1) is 24.3 Å². The molecule has 0 unspecified atom stereocenters. The van der Waals surface area contributed by atoms with Crippen molar-refractivity contribution in [1.82, 2.24) is 0 Å². The fourth-order valence-electron chi connectivity index (χ4n) is 2.37. The molecule has 1 aliphatic heterocycles. The summed E-state index contributed by atoms with van der Waals surface area (Å²) in [6.45, 7) is 0. The zero-order valence-corrected chi connectivity index (χ0v) is 18.4. The SMILES string of the molecule is NC1=NC(=O)/C(=C/c2cc(Br)c(Oc3ccc(C(F)(F)F)cc3[N+](=O)[O-])c(Br)c2)S1. The number of hydrogen-bond donors (Lipinski definition) is 1. The highest BCUT2D eigenvalue weighted by Gasteiger charge is 2.33. The molecule has 3 rings (SSSR count). The monoisotopic (exact) mass is 565 g/mol. The zero-order chi connectivity index (χ0) is 22.2. The summed E-state index contributed by atoms with van der Waals surface area (Å²) in [6.07, 6.45) is -3.20. The van der Waals surface area contributed by atoms with Crippen LogP contribution in [0.15, 0.2) is 49.2 Å². The predicted molar refractivity (Wildman–Crippen MR) is 112 cm³/mol. The molecule has 0 aromatic heterocycles. The van der Waals surface area contributed by atoms with E-state index in [1.54, 1.807) is 12.1 Å². The third kappa shape index (κ3) is 4.84. The van der Waals surface area contributed by atoms with Gasteiger partial charge in [-0.3, -0.25) is 14.9 Å². The predicted octanol–water partition coefficient (Wildman–Crippen LogP) is 5.86. The number of nitrogens with two attached hydrogens (primary N) is 1. The molecule has 2 aromatic rings. The number of ether oxygens (including phenoxy) is 1. The number of hydrogen-bond acceptors (Lipinski definition) is 6. The lowest BCUT2D eigenvalue weighted by Gasteiger charge is -2.13. The summed E-state index contributed by atoms with van der Waals surface area (Å²) >= 11 is 7.53. The molecular formula is C17H8Br2F3N3O4S. The molecule has 2 N–H and O–H groups in total. The first kappa shape index (κ1) is 22.3. The minimum Gasteiger partial charge on any atom is -0.448 e. The van der Waals surface area contributed by atoms with E-state index in [1.165, 1.54) is 6.08 Å². The number of amides is 1. The molecule has 1 heterocycles. The number of nitrogens with zero attached hydrogens (tertiary/aromatic N) is 2. The van der Waals surface area contributed by atoms with Crippen LogP contribution in [0.3, 0.4) is 0 Å². The van der Waals surface area contributed by atoms with Crippen LogP contribution in [-0.2, 0) is 11.0 Å². The molecular weight excluding hydrogens is 559 g/mol. The Balaban J connectivity index is 1.96. The fraction of sp³-hybridized carbons (Fsp3) is 0.0588. The van der Waals surface area contributed by atoms with Crippen molar-refractivity contribution in [3.05, 3.63) is 65.4 Å². The number of nitro benzene ring substituents is 1. The minimum atomic E-state index is -4.73. The highest BCUT2D eigenvalue weighted by atomic mass is 79.9. The van der Waals surface area contributed by atoms with Crippen LogP contribution >= 0.6 is 43.6 Å². The van der Waals surface area contributed by atoms with Crippen LogP contribution in [0, 0.1) is 10.1 Å². The molecule has 13 heteroatoms. The van der Waals surface area contributed by atoms with Crippen molar-refractivity contribution < 1.29 is 27.6 Å². The molecule has 0 saturated carbocycles. The third-order valence-electron chi connectivity index (χ3n) is 3.65. The van der Waals surface area contributed by atoms with Gasteiger partial charge in [0.15, 0.2) is 10.9 Å². The molecule has 1 aliphatic rings.